The summed E-state index contributed by atoms with van der Waals surface area (Å²) in [5.74, 6) is 0.733. The van der Waals surface area contributed by atoms with Crippen LogP contribution in [0, 0.1) is 5.82 Å². The van der Waals surface area contributed by atoms with Crippen molar-refractivity contribution in [3.8, 4) is 11.5 Å². The van der Waals surface area contributed by atoms with Crippen LogP contribution in [0.3, 0.4) is 0 Å². The van der Waals surface area contributed by atoms with Gasteiger partial charge in [0.1, 0.15) is 5.82 Å². The molecule has 1 saturated carbocycles. The molecule has 0 spiro atoms. The van der Waals surface area contributed by atoms with Crippen molar-refractivity contribution in [1.29, 1.82) is 0 Å². The highest BCUT2D eigenvalue weighted by Gasteiger charge is 2.29. The van der Waals surface area contributed by atoms with Gasteiger partial charge in [-0.05, 0) is 48.7 Å². The van der Waals surface area contributed by atoms with Gasteiger partial charge in [-0.3, -0.25) is 9.59 Å². The Balaban J connectivity index is 1.29. The molecule has 35 heavy (non-hydrogen) atoms. The Morgan fingerprint density at radius 3 is 2.57 bits per heavy atom. The molecular formula is C26H26FN3O5. The third-order valence-electron chi connectivity index (χ3n) is 6.38. The van der Waals surface area contributed by atoms with E-state index < -0.39 is 5.91 Å². The number of carbonyl (C=O) groups is 2. The van der Waals surface area contributed by atoms with Crippen molar-refractivity contribution in [2.24, 2.45) is 0 Å². The molecule has 0 unspecified atom stereocenters. The Morgan fingerprint density at radius 2 is 1.77 bits per heavy atom. The molecule has 0 saturated heterocycles. The molecule has 0 atom stereocenters. The topological polar surface area (TPSA) is 93.9 Å². The first-order valence-corrected chi connectivity index (χ1v) is 11.8. The average Bonchev–Trinajstić information content (AvgIpc) is 3.56. The van der Waals surface area contributed by atoms with E-state index in [9.17, 15) is 14.0 Å². The van der Waals surface area contributed by atoms with Crippen molar-refractivity contribution >= 4 is 11.8 Å². The second-order valence-corrected chi connectivity index (χ2v) is 8.78. The summed E-state index contributed by atoms with van der Waals surface area (Å²) in [4.78, 5) is 27.9. The summed E-state index contributed by atoms with van der Waals surface area (Å²) < 4.78 is 29.3. The predicted molar refractivity (Wildman–Crippen MR) is 123 cm³/mol. The molecule has 2 aromatic carbocycles. The van der Waals surface area contributed by atoms with Crippen LogP contribution in [-0.4, -0.2) is 34.7 Å². The van der Waals surface area contributed by atoms with Gasteiger partial charge in [0.2, 0.25) is 6.79 Å². The summed E-state index contributed by atoms with van der Waals surface area (Å²) >= 11 is 0. The van der Waals surface area contributed by atoms with E-state index in [4.69, 9.17) is 14.0 Å². The molecular weight excluding hydrogens is 453 g/mol. The van der Waals surface area contributed by atoms with E-state index in [0.29, 0.717) is 22.8 Å². The van der Waals surface area contributed by atoms with Crippen LogP contribution in [0.2, 0.25) is 0 Å². The van der Waals surface area contributed by atoms with Gasteiger partial charge >= 0.3 is 0 Å². The number of nitrogens with one attached hydrogen (secondary N) is 1. The Bertz CT molecular complexity index is 1200. The molecule has 1 fully saturated rings. The lowest BCUT2D eigenvalue weighted by molar-refractivity contribution is 0.0590. The van der Waals surface area contributed by atoms with Crippen LogP contribution >= 0.6 is 0 Å². The second kappa shape index (κ2) is 10.2. The summed E-state index contributed by atoms with van der Waals surface area (Å²) in [5, 5.41) is 6.65. The molecule has 1 aromatic heterocycles. The van der Waals surface area contributed by atoms with Crippen molar-refractivity contribution in [1.82, 2.24) is 15.4 Å². The maximum Gasteiger partial charge on any atom is 0.273 e. The highest BCUT2D eigenvalue weighted by atomic mass is 19.1. The molecule has 1 aliphatic carbocycles. The molecule has 0 radical (unpaired) electrons. The zero-order valence-corrected chi connectivity index (χ0v) is 19.2. The maximum absolute atomic E-state index is 13.5. The highest BCUT2D eigenvalue weighted by Crippen LogP contribution is 2.34. The average molecular weight is 480 g/mol. The quantitative estimate of drug-likeness (QED) is 0.538. The van der Waals surface area contributed by atoms with Crippen molar-refractivity contribution in [2.75, 3.05) is 6.79 Å². The minimum atomic E-state index is -0.407. The molecule has 8 nitrogen and oxygen atoms in total. The number of ether oxygens (including phenoxy) is 2. The molecule has 2 amide bonds. The lowest BCUT2D eigenvalue weighted by Crippen LogP contribution is -2.40. The molecule has 1 N–H and O–H groups in total. The number of hydrogen-bond acceptors (Lipinski definition) is 6. The number of carbonyl (C=O) groups excluding carboxylic acids is 2. The summed E-state index contributed by atoms with van der Waals surface area (Å²) in [6.45, 7) is 0.581. The van der Waals surface area contributed by atoms with Crippen LogP contribution in [0.4, 0.5) is 4.39 Å². The summed E-state index contributed by atoms with van der Waals surface area (Å²) in [7, 11) is 0. The van der Waals surface area contributed by atoms with Gasteiger partial charge in [0.25, 0.3) is 11.8 Å². The van der Waals surface area contributed by atoms with E-state index in [2.05, 4.69) is 10.5 Å². The molecule has 182 valence electrons. The van der Waals surface area contributed by atoms with Gasteiger partial charge in [0.15, 0.2) is 23.0 Å². The normalized spacial score (nSPS) is 15.1. The lowest BCUT2D eigenvalue weighted by atomic mass is 9.93. The third kappa shape index (κ3) is 5.29. The lowest BCUT2D eigenvalue weighted by Gasteiger charge is -2.33. The number of halogens is 1. The zero-order chi connectivity index (χ0) is 24.2. The van der Waals surface area contributed by atoms with E-state index in [1.54, 1.807) is 41.3 Å². The van der Waals surface area contributed by atoms with Crippen molar-refractivity contribution in [2.45, 2.75) is 51.2 Å². The SMILES string of the molecule is O=C(NCc1ccc(F)cc1)c1cc(CN(C(=O)c2ccc3c(c2)OCO3)C2CCCCC2)on1. The standard InChI is InChI=1S/C26H26FN3O5/c27-19-9-6-17(7-10-19)14-28-25(31)22-13-21(35-29-22)15-30(20-4-2-1-3-5-20)26(32)18-8-11-23-24(12-18)34-16-33-23/h6-13,20H,1-5,14-16H2,(H,28,31). The van der Waals surface area contributed by atoms with Crippen LogP contribution in [0.1, 0.15) is 64.3 Å². The number of fused-ring (bicyclic) bond motifs is 1. The van der Waals surface area contributed by atoms with E-state index in [-0.39, 0.29) is 43.3 Å². The van der Waals surface area contributed by atoms with Crippen molar-refractivity contribution in [3.63, 3.8) is 0 Å². The fourth-order valence-electron chi connectivity index (χ4n) is 4.49. The maximum atomic E-state index is 13.5. The van der Waals surface area contributed by atoms with Gasteiger partial charge < -0.3 is 24.2 Å². The number of nitrogens with zero attached hydrogens (tertiary/aromatic N) is 2. The van der Waals surface area contributed by atoms with E-state index in [1.807, 2.05) is 0 Å². The first-order valence-electron chi connectivity index (χ1n) is 11.8. The van der Waals surface area contributed by atoms with Gasteiger partial charge in [0.05, 0.1) is 6.54 Å². The Morgan fingerprint density at radius 1 is 1.00 bits per heavy atom. The molecule has 2 aliphatic rings. The first kappa shape index (κ1) is 22.9. The van der Waals surface area contributed by atoms with Crippen LogP contribution in [0.15, 0.2) is 53.1 Å². The molecule has 2 heterocycles. The van der Waals surface area contributed by atoms with Crippen LogP contribution in [0.5, 0.6) is 11.5 Å². The number of benzene rings is 2. The zero-order valence-electron chi connectivity index (χ0n) is 19.2. The Labute approximate surface area is 202 Å². The van der Waals surface area contributed by atoms with E-state index in [0.717, 1.165) is 37.7 Å². The van der Waals surface area contributed by atoms with Gasteiger partial charge in [-0.15, -0.1) is 0 Å². The van der Waals surface area contributed by atoms with E-state index in [1.165, 1.54) is 12.1 Å². The van der Waals surface area contributed by atoms with Crippen LogP contribution < -0.4 is 14.8 Å². The number of rotatable bonds is 7. The Kier molecular flexibility index (Phi) is 6.65. The van der Waals surface area contributed by atoms with Gasteiger partial charge in [-0.1, -0.05) is 36.6 Å². The van der Waals surface area contributed by atoms with Gasteiger partial charge in [0, 0.05) is 24.2 Å². The minimum Gasteiger partial charge on any atom is -0.454 e. The fraction of sp³-hybridized carbons (Fsp3) is 0.346. The third-order valence-corrected chi connectivity index (χ3v) is 6.38. The second-order valence-electron chi connectivity index (χ2n) is 8.78. The Hall–Kier alpha value is -3.88. The monoisotopic (exact) mass is 479 g/mol. The van der Waals surface area contributed by atoms with E-state index >= 15 is 0 Å². The summed E-state index contributed by atoms with van der Waals surface area (Å²) in [6.07, 6.45) is 5.10. The fourth-order valence-corrected chi connectivity index (χ4v) is 4.49. The highest BCUT2D eigenvalue weighted by molar-refractivity contribution is 5.95. The molecule has 5 rings (SSSR count). The van der Waals surface area contributed by atoms with Crippen LogP contribution in [-0.2, 0) is 13.1 Å². The first-order chi connectivity index (χ1) is 17.1. The number of aromatic nitrogens is 1. The largest absolute Gasteiger partial charge is 0.454 e. The smallest absolute Gasteiger partial charge is 0.273 e. The summed E-state index contributed by atoms with van der Waals surface area (Å²) in [5.41, 5.74) is 1.40. The van der Waals surface area contributed by atoms with Crippen molar-refractivity contribution < 1.29 is 28.0 Å². The molecule has 0 bridgehead atoms. The summed E-state index contributed by atoms with van der Waals surface area (Å²) in [6, 6.07) is 12.7. The number of hydrogen-bond donors (Lipinski definition) is 1. The minimum absolute atomic E-state index is 0.0718. The van der Waals surface area contributed by atoms with Gasteiger partial charge in [-0.25, -0.2) is 4.39 Å². The predicted octanol–water partition coefficient (Wildman–Crippen LogP) is 4.45. The van der Waals surface area contributed by atoms with Gasteiger partial charge in [-0.2, -0.15) is 0 Å². The molecule has 9 heteroatoms. The van der Waals surface area contributed by atoms with Crippen molar-refractivity contribution in [3.05, 3.63) is 76.9 Å². The molecule has 1 aliphatic heterocycles. The number of amides is 2. The molecule has 3 aromatic rings. The van der Waals surface area contributed by atoms with Crippen LogP contribution in [0.25, 0.3) is 0 Å².